The first-order valence-corrected chi connectivity index (χ1v) is 6.76. The van der Waals surface area contributed by atoms with Crippen molar-refractivity contribution in [2.45, 2.75) is 20.3 Å². The Balaban J connectivity index is 2.47. The molecular formula is C11H17NO3S. The Bertz CT molecular complexity index is 454. The average molecular weight is 243 g/mol. The predicted molar refractivity (Wildman–Crippen MR) is 65.4 cm³/mol. The normalized spacial score (nSPS) is 11.4. The Morgan fingerprint density at radius 1 is 1.31 bits per heavy atom. The molecule has 0 atom stereocenters. The summed E-state index contributed by atoms with van der Waals surface area (Å²) in [6.07, 6.45) is 0.395. The van der Waals surface area contributed by atoms with E-state index in [0.29, 0.717) is 13.0 Å². The highest BCUT2D eigenvalue weighted by Gasteiger charge is 2.04. The van der Waals surface area contributed by atoms with Crippen LogP contribution < -0.4 is 5.32 Å². The minimum atomic E-state index is -3.84. The van der Waals surface area contributed by atoms with Gasteiger partial charge in [0, 0.05) is 12.2 Å². The summed E-state index contributed by atoms with van der Waals surface area (Å²) in [5, 5.41) is 3.15. The first-order valence-electron chi connectivity index (χ1n) is 5.15. The standard InChI is InChI=1S/C11H17NO3S/c1-9-5-3-6-11(10(9)2)12-7-4-8-16(13,14)15/h3,5-6,12H,4,7-8H2,1-2H3,(H,13,14,15). The molecule has 1 aromatic rings. The van der Waals surface area contributed by atoms with Gasteiger partial charge < -0.3 is 5.32 Å². The van der Waals surface area contributed by atoms with Crippen LogP contribution in [0.2, 0.25) is 0 Å². The smallest absolute Gasteiger partial charge is 0.264 e. The van der Waals surface area contributed by atoms with Crippen molar-refractivity contribution in [3.63, 3.8) is 0 Å². The second-order valence-corrected chi connectivity index (χ2v) is 5.39. The number of hydrogen-bond donors (Lipinski definition) is 2. The first-order chi connectivity index (χ1) is 7.40. The van der Waals surface area contributed by atoms with Crippen LogP contribution in [0.4, 0.5) is 5.69 Å². The maximum absolute atomic E-state index is 10.5. The van der Waals surface area contributed by atoms with Gasteiger partial charge in [-0.15, -0.1) is 0 Å². The minimum absolute atomic E-state index is 0.204. The molecule has 1 rings (SSSR count). The Hall–Kier alpha value is -1.07. The molecule has 4 nitrogen and oxygen atoms in total. The van der Waals surface area contributed by atoms with Crippen LogP contribution in [0.5, 0.6) is 0 Å². The Kier molecular flexibility index (Phi) is 4.32. The van der Waals surface area contributed by atoms with E-state index in [1.54, 1.807) is 0 Å². The van der Waals surface area contributed by atoms with Gasteiger partial charge in [0.2, 0.25) is 0 Å². The number of nitrogens with one attached hydrogen (secondary N) is 1. The van der Waals surface area contributed by atoms with Crippen molar-refractivity contribution < 1.29 is 13.0 Å². The third-order valence-corrected chi connectivity index (χ3v) is 3.30. The molecule has 5 heteroatoms. The van der Waals surface area contributed by atoms with Crippen LogP contribution in [0.15, 0.2) is 18.2 Å². The number of benzene rings is 1. The lowest BCUT2D eigenvalue weighted by Gasteiger charge is -2.10. The van der Waals surface area contributed by atoms with E-state index in [0.717, 1.165) is 11.3 Å². The van der Waals surface area contributed by atoms with E-state index in [-0.39, 0.29) is 5.75 Å². The molecular weight excluding hydrogens is 226 g/mol. The monoisotopic (exact) mass is 243 g/mol. The van der Waals surface area contributed by atoms with Crippen molar-refractivity contribution in [2.24, 2.45) is 0 Å². The third kappa shape index (κ3) is 4.20. The van der Waals surface area contributed by atoms with Crippen LogP contribution in [-0.4, -0.2) is 25.3 Å². The molecule has 1 aromatic carbocycles. The van der Waals surface area contributed by atoms with E-state index < -0.39 is 10.1 Å². The molecule has 0 aliphatic rings. The Morgan fingerprint density at radius 2 is 2.00 bits per heavy atom. The summed E-state index contributed by atoms with van der Waals surface area (Å²) in [5.74, 6) is -0.204. The van der Waals surface area contributed by atoms with E-state index in [9.17, 15) is 8.42 Å². The minimum Gasteiger partial charge on any atom is -0.385 e. The highest BCUT2D eigenvalue weighted by atomic mass is 32.2. The zero-order chi connectivity index (χ0) is 12.2. The van der Waals surface area contributed by atoms with E-state index in [1.165, 1.54) is 5.56 Å². The SMILES string of the molecule is Cc1cccc(NCCCS(=O)(=O)O)c1C. The fourth-order valence-electron chi connectivity index (χ4n) is 1.42. The van der Waals surface area contributed by atoms with Crippen molar-refractivity contribution in [1.82, 2.24) is 0 Å². The van der Waals surface area contributed by atoms with Gasteiger partial charge in [0.15, 0.2) is 0 Å². The van der Waals surface area contributed by atoms with Crippen molar-refractivity contribution in [3.05, 3.63) is 29.3 Å². The third-order valence-electron chi connectivity index (χ3n) is 2.50. The molecule has 0 heterocycles. The fourth-order valence-corrected chi connectivity index (χ4v) is 1.93. The molecule has 0 spiro atoms. The highest BCUT2D eigenvalue weighted by molar-refractivity contribution is 7.85. The maximum atomic E-state index is 10.5. The van der Waals surface area contributed by atoms with Gasteiger partial charge in [-0.3, -0.25) is 4.55 Å². The highest BCUT2D eigenvalue weighted by Crippen LogP contribution is 2.17. The van der Waals surface area contributed by atoms with Gasteiger partial charge in [0.05, 0.1) is 5.75 Å². The lowest BCUT2D eigenvalue weighted by molar-refractivity contribution is 0.481. The van der Waals surface area contributed by atoms with E-state index in [2.05, 4.69) is 5.32 Å². The van der Waals surface area contributed by atoms with Crippen LogP contribution in [0.1, 0.15) is 17.5 Å². The van der Waals surface area contributed by atoms with Crippen molar-refractivity contribution in [2.75, 3.05) is 17.6 Å². The zero-order valence-corrected chi connectivity index (χ0v) is 10.3. The molecule has 0 unspecified atom stereocenters. The van der Waals surface area contributed by atoms with Gasteiger partial charge in [-0.1, -0.05) is 12.1 Å². The van der Waals surface area contributed by atoms with Crippen LogP contribution >= 0.6 is 0 Å². The van der Waals surface area contributed by atoms with E-state index >= 15 is 0 Å². The second kappa shape index (κ2) is 5.32. The van der Waals surface area contributed by atoms with Crippen molar-refractivity contribution in [1.29, 1.82) is 0 Å². The van der Waals surface area contributed by atoms with Gasteiger partial charge >= 0.3 is 0 Å². The van der Waals surface area contributed by atoms with Crippen molar-refractivity contribution in [3.8, 4) is 0 Å². The van der Waals surface area contributed by atoms with Gasteiger partial charge in [-0.05, 0) is 37.5 Å². The molecule has 16 heavy (non-hydrogen) atoms. The lowest BCUT2D eigenvalue weighted by Crippen LogP contribution is -2.10. The van der Waals surface area contributed by atoms with Gasteiger partial charge in [-0.2, -0.15) is 8.42 Å². The molecule has 0 aromatic heterocycles. The largest absolute Gasteiger partial charge is 0.385 e. The molecule has 0 aliphatic carbocycles. The van der Waals surface area contributed by atoms with Crippen LogP contribution in [0.25, 0.3) is 0 Å². The van der Waals surface area contributed by atoms with Crippen LogP contribution in [0, 0.1) is 13.8 Å². The molecule has 0 amide bonds. The van der Waals surface area contributed by atoms with Gasteiger partial charge in [0.1, 0.15) is 0 Å². The topological polar surface area (TPSA) is 66.4 Å². The number of aryl methyl sites for hydroxylation is 1. The summed E-state index contributed by atoms with van der Waals surface area (Å²) in [7, 11) is -3.84. The quantitative estimate of drug-likeness (QED) is 0.613. The van der Waals surface area contributed by atoms with Crippen molar-refractivity contribution >= 4 is 15.8 Å². The number of rotatable bonds is 5. The summed E-state index contributed by atoms with van der Waals surface area (Å²) < 4.78 is 29.5. The van der Waals surface area contributed by atoms with E-state index in [4.69, 9.17) is 4.55 Å². The summed E-state index contributed by atoms with van der Waals surface area (Å²) >= 11 is 0. The Labute approximate surface area is 96.4 Å². The average Bonchev–Trinajstić information content (AvgIpc) is 2.17. The van der Waals surface area contributed by atoms with E-state index in [1.807, 2.05) is 32.0 Å². The molecule has 90 valence electrons. The second-order valence-electron chi connectivity index (χ2n) is 3.81. The molecule has 0 saturated heterocycles. The molecule has 2 N–H and O–H groups in total. The van der Waals surface area contributed by atoms with Crippen LogP contribution in [-0.2, 0) is 10.1 Å². The first kappa shape index (κ1) is 13.0. The fraction of sp³-hybridized carbons (Fsp3) is 0.455. The zero-order valence-electron chi connectivity index (χ0n) is 9.53. The molecule has 0 fully saturated rings. The molecule has 0 radical (unpaired) electrons. The summed E-state index contributed by atoms with van der Waals surface area (Å²) in [5.41, 5.74) is 3.37. The maximum Gasteiger partial charge on any atom is 0.264 e. The summed E-state index contributed by atoms with van der Waals surface area (Å²) in [4.78, 5) is 0. The predicted octanol–water partition coefficient (Wildman–Crippen LogP) is 1.99. The molecule has 0 aliphatic heterocycles. The van der Waals surface area contributed by atoms with Gasteiger partial charge in [-0.25, -0.2) is 0 Å². The lowest BCUT2D eigenvalue weighted by atomic mass is 10.1. The van der Waals surface area contributed by atoms with Gasteiger partial charge in [0.25, 0.3) is 10.1 Å². The summed E-state index contributed by atoms with van der Waals surface area (Å²) in [6.45, 7) is 4.57. The van der Waals surface area contributed by atoms with Crippen LogP contribution in [0.3, 0.4) is 0 Å². The number of anilines is 1. The summed E-state index contributed by atoms with van der Waals surface area (Å²) in [6, 6.07) is 5.93. The molecule has 0 bridgehead atoms. The number of hydrogen-bond acceptors (Lipinski definition) is 3. The Morgan fingerprint density at radius 3 is 2.62 bits per heavy atom. The molecule has 0 saturated carbocycles.